The first-order valence-corrected chi connectivity index (χ1v) is 6.50. The standard InChI is InChI=1S/C13H16FN5O/c1-20-13(5-2-6-13)8-19-12(16-17-18-19)10-7-9(14)3-4-11(10)15/h3-4,7H,2,5-6,8,15H2,1H3. The van der Waals surface area contributed by atoms with E-state index in [0.717, 1.165) is 19.3 Å². The fraction of sp³-hybridized carbons (Fsp3) is 0.462. The highest BCUT2D eigenvalue weighted by atomic mass is 19.1. The Bertz CT molecular complexity index is 617. The van der Waals surface area contributed by atoms with Gasteiger partial charge in [-0.3, -0.25) is 0 Å². The third-order valence-electron chi connectivity index (χ3n) is 3.92. The Morgan fingerprint density at radius 2 is 2.25 bits per heavy atom. The Labute approximate surface area is 115 Å². The zero-order valence-electron chi connectivity index (χ0n) is 11.2. The van der Waals surface area contributed by atoms with Crippen LogP contribution in [0.2, 0.25) is 0 Å². The van der Waals surface area contributed by atoms with Gasteiger partial charge in [-0.1, -0.05) is 0 Å². The van der Waals surface area contributed by atoms with Crippen molar-refractivity contribution in [2.24, 2.45) is 0 Å². The van der Waals surface area contributed by atoms with Crippen LogP contribution in [0, 0.1) is 5.82 Å². The summed E-state index contributed by atoms with van der Waals surface area (Å²) in [6, 6.07) is 4.17. The zero-order chi connectivity index (χ0) is 14.2. The molecule has 0 amide bonds. The maximum absolute atomic E-state index is 13.4. The largest absolute Gasteiger partial charge is 0.398 e. The molecule has 20 heavy (non-hydrogen) atoms. The van der Waals surface area contributed by atoms with Gasteiger partial charge in [-0.05, 0) is 47.9 Å². The van der Waals surface area contributed by atoms with Crippen molar-refractivity contribution in [2.45, 2.75) is 31.4 Å². The Morgan fingerprint density at radius 3 is 2.90 bits per heavy atom. The van der Waals surface area contributed by atoms with Gasteiger partial charge >= 0.3 is 0 Å². The van der Waals surface area contributed by atoms with Gasteiger partial charge in [0, 0.05) is 18.4 Å². The summed E-state index contributed by atoms with van der Waals surface area (Å²) in [5, 5.41) is 11.6. The molecule has 0 spiro atoms. The average molecular weight is 277 g/mol. The summed E-state index contributed by atoms with van der Waals surface area (Å²) >= 11 is 0. The van der Waals surface area contributed by atoms with E-state index < -0.39 is 0 Å². The van der Waals surface area contributed by atoms with E-state index in [1.165, 1.54) is 18.2 Å². The number of halogens is 1. The van der Waals surface area contributed by atoms with Gasteiger partial charge in [0.15, 0.2) is 5.82 Å². The molecule has 0 unspecified atom stereocenters. The first kappa shape index (κ1) is 13.0. The molecule has 0 saturated heterocycles. The van der Waals surface area contributed by atoms with E-state index in [1.807, 2.05) is 0 Å². The van der Waals surface area contributed by atoms with Crippen molar-refractivity contribution in [1.29, 1.82) is 0 Å². The second-order valence-corrected chi connectivity index (χ2v) is 5.13. The van der Waals surface area contributed by atoms with Crippen LogP contribution in [0.15, 0.2) is 18.2 Å². The number of tetrazole rings is 1. The van der Waals surface area contributed by atoms with E-state index in [-0.39, 0.29) is 11.4 Å². The molecule has 0 atom stereocenters. The van der Waals surface area contributed by atoms with Crippen molar-refractivity contribution in [2.75, 3.05) is 12.8 Å². The summed E-state index contributed by atoms with van der Waals surface area (Å²) in [5.41, 5.74) is 6.62. The van der Waals surface area contributed by atoms with Crippen LogP contribution in [0.5, 0.6) is 0 Å². The number of ether oxygens (including phenoxy) is 1. The minimum atomic E-state index is -0.367. The summed E-state index contributed by atoms with van der Waals surface area (Å²) in [6.45, 7) is 0.543. The number of hydrogen-bond donors (Lipinski definition) is 1. The summed E-state index contributed by atoms with van der Waals surface area (Å²) in [4.78, 5) is 0. The zero-order valence-corrected chi connectivity index (χ0v) is 11.2. The highest BCUT2D eigenvalue weighted by Gasteiger charge is 2.38. The van der Waals surface area contributed by atoms with E-state index in [0.29, 0.717) is 23.6 Å². The number of hydrogen-bond acceptors (Lipinski definition) is 5. The highest BCUT2D eigenvalue weighted by molar-refractivity contribution is 5.71. The summed E-state index contributed by atoms with van der Waals surface area (Å²) in [6.07, 6.45) is 3.08. The van der Waals surface area contributed by atoms with Crippen LogP contribution >= 0.6 is 0 Å². The van der Waals surface area contributed by atoms with E-state index in [4.69, 9.17) is 10.5 Å². The molecule has 1 heterocycles. The molecule has 1 fully saturated rings. The highest BCUT2D eigenvalue weighted by Crippen LogP contribution is 2.37. The van der Waals surface area contributed by atoms with Crippen molar-refractivity contribution in [3.05, 3.63) is 24.0 Å². The lowest BCUT2D eigenvalue weighted by Crippen LogP contribution is -2.43. The lowest BCUT2D eigenvalue weighted by molar-refractivity contribution is -0.0855. The SMILES string of the molecule is COC1(Cn2nnnc2-c2cc(F)ccc2N)CCC1. The normalized spacial score (nSPS) is 16.9. The molecular formula is C13H16FN5O. The molecule has 3 rings (SSSR count). The molecular weight excluding hydrogens is 261 g/mol. The number of methoxy groups -OCH3 is 1. The molecule has 2 aromatic rings. The monoisotopic (exact) mass is 277 g/mol. The fourth-order valence-electron chi connectivity index (χ4n) is 2.50. The van der Waals surface area contributed by atoms with Gasteiger partial charge in [0.25, 0.3) is 0 Å². The van der Waals surface area contributed by atoms with Gasteiger partial charge in [-0.15, -0.1) is 5.10 Å². The van der Waals surface area contributed by atoms with Crippen LogP contribution in [0.25, 0.3) is 11.4 Å². The molecule has 2 N–H and O–H groups in total. The van der Waals surface area contributed by atoms with Crippen LogP contribution in [0.1, 0.15) is 19.3 Å². The molecule has 1 saturated carbocycles. The molecule has 0 aliphatic heterocycles. The molecule has 7 heteroatoms. The van der Waals surface area contributed by atoms with Gasteiger partial charge in [-0.25, -0.2) is 9.07 Å². The Morgan fingerprint density at radius 1 is 1.45 bits per heavy atom. The Balaban J connectivity index is 1.96. The van der Waals surface area contributed by atoms with E-state index in [2.05, 4.69) is 15.5 Å². The molecule has 106 valence electrons. The molecule has 1 aromatic heterocycles. The lowest BCUT2D eigenvalue weighted by Gasteiger charge is -2.40. The maximum atomic E-state index is 13.4. The van der Waals surface area contributed by atoms with Crippen molar-refractivity contribution < 1.29 is 9.13 Å². The van der Waals surface area contributed by atoms with Crippen LogP contribution < -0.4 is 5.73 Å². The summed E-state index contributed by atoms with van der Waals surface area (Å²) in [5.74, 6) is 0.0965. The smallest absolute Gasteiger partial charge is 0.184 e. The first-order valence-electron chi connectivity index (χ1n) is 6.50. The predicted molar refractivity (Wildman–Crippen MR) is 71.2 cm³/mol. The van der Waals surface area contributed by atoms with Gasteiger partial charge in [0.2, 0.25) is 0 Å². The Kier molecular flexibility index (Phi) is 3.13. The van der Waals surface area contributed by atoms with Crippen LogP contribution in [-0.4, -0.2) is 32.9 Å². The second kappa shape index (κ2) is 4.82. The number of nitrogens with zero attached hydrogens (tertiary/aromatic N) is 4. The summed E-state index contributed by atoms with van der Waals surface area (Å²) in [7, 11) is 1.69. The van der Waals surface area contributed by atoms with E-state index in [1.54, 1.807) is 11.8 Å². The first-order chi connectivity index (χ1) is 9.63. The van der Waals surface area contributed by atoms with E-state index >= 15 is 0 Å². The molecule has 6 nitrogen and oxygen atoms in total. The average Bonchev–Trinajstić information content (AvgIpc) is 2.84. The number of rotatable bonds is 4. The van der Waals surface area contributed by atoms with Crippen molar-refractivity contribution in [3.8, 4) is 11.4 Å². The van der Waals surface area contributed by atoms with Gasteiger partial charge < -0.3 is 10.5 Å². The van der Waals surface area contributed by atoms with Gasteiger partial charge in [0.1, 0.15) is 5.82 Å². The van der Waals surface area contributed by atoms with Crippen LogP contribution in [0.3, 0.4) is 0 Å². The molecule has 1 aromatic carbocycles. The number of benzene rings is 1. The van der Waals surface area contributed by atoms with Crippen LogP contribution in [-0.2, 0) is 11.3 Å². The van der Waals surface area contributed by atoms with Crippen molar-refractivity contribution in [3.63, 3.8) is 0 Å². The van der Waals surface area contributed by atoms with Crippen molar-refractivity contribution >= 4 is 5.69 Å². The third-order valence-corrected chi connectivity index (χ3v) is 3.92. The van der Waals surface area contributed by atoms with Gasteiger partial charge in [-0.2, -0.15) is 0 Å². The second-order valence-electron chi connectivity index (χ2n) is 5.13. The molecule has 0 bridgehead atoms. The minimum Gasteiger partial charge on any atom is -0.398 e. The minimum absolute atomic E-state index is 0.216. The number of nitrogen functional groups attached to an aromatic ring is 1. The third kappa shape index (κ3) is 2.14. The number of nitrogens with two attached hydrogens (primary N) is 1. The molecule has 1 aliphatic rings. The lowest BCUT2D eigenvalue weighted by atomic mass is 9.80. The van der Waals surface area contributed by atoms with E-state index in [9.17, 15) is 4.39 Å². The molecule has 1 aliphatic carbocycles. The van der Waals surface area contributed by atoms with Gasteiger partial charge in [0.05, 0.1) is 12.1 Å². The Hall–Kier alpha value is -2.02. The number of aromatic nitrogens is 4. The fourth-order valence-corrected chi connectivity index (χ4v) is 2.50. The number of anilines is 1. The maximum Gasteiger partial charge on any atom is 0.184 e. The molecule has 0 radical (unpaired) electrons. The van der Waals surface area contributed by atoms with Crippen molar-refractivity contribution in [1.82, 2.24) is 20.2 Å². The predicted octanol–water partition coefficient (Wildman–Crippen LogP) is 1.63. The summed E-state index contributed by atoms with van der Waals surface area (Å²) < 4.78 is 20.6. The topological polar surface area (TPSA) is 78.8 Å². The van der Waals surface area contributed by atoms with Crippen LogP contribution in [0.4, 0.5) is 10.1 Å². The quantitative estimate of drug-likeness (QED) is 0.859.